The SMILES string of the molecule is Cc1nn(-c2ccccc2)c(C)c1CN(C)C(=O)C[C@H]1Oc2ccccc2NC1=O. The van der Waals surface area contributed by atoms with Crippen LogP contribution < -0.4 is 10.1 Å². The molecule has 30 heavy (non-hydrogen) atoms. The van der Waals surface area contributed by atoms with Crippen LogP contribution in [-0.2, 0) is 16.1 Å². The van der Waals surface area contributed by atoms with Crippen LogP contribution in [0.25, 0.3) is 5.69 Å². The van der Waals surface area contributed by atoms with Crippen LogP contribution in [0.1, 0.15) is 23.4 Å². The van der Waals surface area contributed by atoms with E-state index in [9.17, 15) is 9.59 Å². The molecular weight excluding hydrogens is 380 g/mol. The maximum atomic E-state index is 12.8. The second-order valence-corrected chi connectivity index (χ2v) is 7.44. The van der Waals surface area contributed by atoms with E-state index >= 15 is 0 Å². The van der Waals surface area contributed by atoms with Crippen LogP contribution in [0.4, 0.5) is 5.69 Å². The first-order valence-corrected chi connectivity index (χ1v) is 9.85. The summed E-state index contributed by atoms with van der Waals surface area (Å²) in [5.74, 6) is 0.105. The first kappa shape index (κ1) is 19.7. The van der Waals surface area contributed by atoms with Crippen molar-refractivity contribution in [2.45, 2.75) is 32.9 Å². The average molecular weight is 404 g/mol. The van der Waals surface area contributed by atoms with Gasteiger partial charge >= 0.3 is 0 Å². The van der Waals surface area contributed by atoms with Gasteiger partial charge < -0.3 is 15.0 Å². The van der Waals surface area contributed by atoms with Crippen LogP contribution >= 0.6 is 0 Å². The van der Waals surface area contributed by atoms with Crippen molar-refractivity contribution >= 4 is 17.5 Å². The lowest BCUT2D eigenvalue weighted by Gasteiger charge is -2.27. The fraction of sp³-hybridized carbons (Fsp3) is 0.261. The molecule has 0 spiro atoms. The van der Waals surface area contributed by atoms with Crippen molar-refractivity contribution in [2.24, 2.45) is 0 Å². The monoisotopic (exact) mass is 404 g/mol. The molecule has 0 radical (unpaired) electrons. The fourth-order valence-electron chi connectivity index (χ4n) is 3.59. The Bertz CT molecular complexity index is 1090. The zero-order valence-corrected chi connectivity index (χ0v) is 17.3. The molecule has 2 amide bonds. The number of nitrogens with zero attached hydrogens (tertiary/aromatic N) is 3. The lowest BCUT2D eigenvalue weighted by Crippen LogP contribution is -2.41. The van der Waals surface area contributed by atoms with Gasteiger partial charge in [-0.2, -0.15) is 5.10 Å². The topological polar surface area (TPSA) is 76.5 Å². The molecule has 0 saturated carbocycles. The van der Waals surface area contributed by atoms with E-state index < -0.39 is 6.10 Å². The van der Waals surface area contributed by atoms with Gasteiger partial charge in [-0.3, -0.25) is 9.59 Å². The predicted molar refractivity (Wildman–Crippen MR) is 114 cm³/mol. The van der Waals surface area contributed by atoms with E-state index in [4.69, 9.17) is 4.74 Å². The third kappa shape index (κ3) is 3.78. The number of hydrogen-bond donors (Lipinski definition) is 1. The van der Waals surface area contributed by atoms with Gasteiger partial charge in [-0.15, -0.1) is 0 Å². The molecule has 3 aromatic rings. The van der Waals surface area contributed by atoms with E-state index in [-0.39, 0.29) is 18.2 Å². The number of ether oxygens (including phenoxy) is 1. The summed E-state index contributed by atoms with van der Waals surface area (Å²) in [6, 6.07) is 17.1. The summed E-state index contributed by atoms with van der Waals surface area (Å²) in [5, 5.41) is 7.43. The number of rotatable bonds is 5. The maximum Gasteiger partial charge on any atom is 0.266 e. The normalized spacial score (nSPS) is 15.2. The molecule has 2 aromatic carbocycles. The molecule has 0 unspecified atom stereocenters. The van der Waals surface area contributed by atoms with Gasteiger partial charge in [0, 0.05) is 24.8 Å². The lowest BCUT2D eigenvalue weighted by molar-refractivity contribution is -0.136. The van der Waals surface area contributed by atoms with Crippen molar-refractivity contribution < 1.29 is 14.3 Å². The van der Waals surface area contributed by atoms with Gasteiger partial charge in [-0.1, -0.05) is 30.3 Å². The molecule has 0 fully saturated rings. The molecule has 154 valence electrons. The van der Waals surface area contributed by atoms with Gasteiger partial charge in [-0.25, -0.2) is 4.68 Å². The summed E-state index contributed by atoms with van der Waals surface area (Å²) in [5.41, 5.74) is 4.45. The average Bonchev–Trinajstić information content (AvgIpc) is 3.03. The molecule has 1 N–H and O–H groups in total. The van der Waals surface area contributed by atoms with E-state index in [0.717, 1.165) is 22.6 Å². The minimum absolute atomic E-state index is 0.0262. The van der Waals surface area contributed by atoms with E-state index in [1.807, 2.05) is 61.0 Å². The number of hydrogen-bond acceptors (Lipinski definition) is 4. The van der Waals surface area contributed by atoms with Gasteiger partial charge in [0.05, 0.1) is 23.5 Å². The molecule has 7 nitrogen and oxygen atoms in total. The highest BCUT2D eigenvalue weighted by Gasteiger charge is 2.30. The van der Waals surface area contributed by atoms with E-state index in [1.165, 1.54) is 0 Å². The molecule has 0 bridgehead atoms. The van der Waals surface area contributed by atoms with Gasteiger partial charge in [0.1, 0.15) is 5.75 Å². The van der Waals surface area contributed by atoms with Crippen LogP contribution in [0.2, 0.25) is 0 Å². The second-order valence-electron chi connectivity index (χ2n) is 7.44. The molecule has 2 heterocycles. The Morgan fingerprint density at radius 1 is 1.13 bits per heavy atom. The summed E-state index contributed by atoms with van der Waals surface area (Å²) in [6.45, 7) is 4.35. The highest BCUT2D eigenvalue weighted by atomic mass is 16.5. The van der Waals surface area contributed by atoms with Crippen molar-refractivity contribution in [3.05, 3.63) is 71.5 Å². The zero-order chi connectivity index (χ0) is 21.3. The largest absolute Gasteiger partial charge is 0.478 e. The Morgan fingerprint density at radius 2 is 1.83 bits per heavy atom. The number of fused-ring (bicyclic) bond motifs is 1. The van der Waals surface area contributed by atoms with Gasteiger partial charge in [0.25, 0.3) is 5.91 Å². The third-order valence-electron chi connectivity index (χ3n) is 5.33. The van der Waals surface area contributed by atoms with Crippen molar-refractivity contribution in [1.29, 1.82) is 0 Å². The van der Waals surface area contributed by atoms with Crippen LogP contribution in [-0.4, -0.2) is 39.6 Å². The van der Waals surface area contributed by atoms with Crippen LogP contribution in [0, 0.1) is 13.8 Å². The number of carbonyl (C=O) groups excluding carboxylic acids is 2. The minimum Gasteiger partial charge on any atom is -0.478 e. The fourth-order valence-corrected chi connectivity index (χ4v) is 3.59. The quantitative estimate of drug-likeness (QED) is 0.708. The van der Waals surface area contributed by atoms with Gasteiger partial charge in [0.2, 0.25) is 5.91 Å². The number of benzene rings is 2. The molecule has 1 aliphatic heterocycles. The Hall–Kier alpha value is -3.61. The van der Waals surface area contributed by atoms with Crippen molar-refractivity contribution in [3.8, 4) is 11.4 Å². The highest BCUT2D eigenvalue weighted by molar-refractivity contribution is 5.99. The summed E-state index contributed by atoms with van der Waals surface area (Å²) >= 11 is 0. The Kier molecular flexibility index (Phi) is 5.27. The van der Waals surface area contributed by atoms with Crippen LogP contribution in [0.3, 0.4) is 0 Å². The smallest absolute Gasteiger partial charge is 0.266 e. The Balaban J connectivity index is 1.46. The number of carbonyl (C=O) groups is 2. The van der Waals surface area contributed by atoms with Crippen LogP contribution in [0.5, 0.6) is 5.75 Å². The summed E-state index contributed by atoms with van der Waals surface area (Å²) in [4.78, 5) is 26.7. The third-order valence-corrected chi connectivity index (χ3v) is 5.33. The molecular formula is C23H24N4O3. The number of para-hydroxylation sites is 3. The Morgan fingerprint density at radius 3 is 2.60 bits per heavy atom. The number of anilines is 1. The Labute approximate surface area is 175 Å². The summed E-state index contributed by atoms with van der Waals surface area (Å²) < 4.78 is 7.64. The number of aryl methyl sites for hydroxylation is 1. The predicted octanol–water partition coefficient (Wildman–Crippen LogP) is 3.24. The highest BCUT2D eigenvalue weighted by Crippen LogP contribution is 2.30. The van der Waals surface area contributed by atoms with Gasteiger partial charge in [0.15, 0.2) is 6.10 Å². The lowest BCUT2D eigenvalue weighted by atomic mass is 10.1. The van der Waals surface area contributed by atoms with E-state index in [0.29, 0.717) is 18.0 Å². The standard InChI is InChI=1S/C23H24N4O3/c1-15-18(16(2)27(25-15)17-9-5-4-6-10-17)14-26(3)22(28)13-21-23(29)24-19-11-7-8-12-20(19)30-21/h4-12,21H,13-14H2,1-3H3,(H,24,29)/t21-/m1/s1. The van der Waals surface area contributed by atoms with Crippen molar-refractivity contribution in [3.63, 3.8) is 0 Å². The number of nitrogens with one attached hydrogen (secondary N) is 1. The summed E-state index contributed by atoms with van der Waals surface area (Å²) in [6.07, 6.45) is -0.870. The molecule has 0 aliphatic carbocycles. The first-order chi connectivity index (χ1) is 14.4. The molecule has 1 atom stereocenters. The van der Waals surface area contributed by atoms with E-state index in [1.54, 1.807) is 24.1 Å². The van der Waals surface area contributed by atoms with Crippen molar-refractivity contribution in [1.82, 2.24) is 14.7 Å². The van der Waals surface area contributed by atoms with Gasteiger partial charge in [-0.05, 0) is 38.1 Å². The molecule has 7 heteroatoms. The van der Waals surface area contributed by atoms with E-state index in [2.05, 4.69) is 10.4 Å². The van der Waals surface area contributed by atoms with Crippen LogP contribution in [0.15, 0.2) is 54.6 Å². The van der Waals surface area contributed by atoms with Crippen molar-refractivity contribution in [2.75, 3.05) is 12.4 Å². The number of amides is 2. The minimum atomic E-state index is -0.843. The molecule has 1 aliphatic rings. The maximum absolute atomic E-state index is 12.8. The number of aromatic nitrogens is 2. The summed E-state index contributed by atoms with van der Waals surface area (Å²) in [7, 11) is 1.73. The molecule has 4 rings (SSSR count). The molecule has 0 saturated heterocycles. The second kappa shape index (κ2) is 8.02. The molecule has 1 aromatic heterocycles. The zero-order valence-electron chi connectivity index (χ0n) is 17.3. The first-order valence-electron chi connectivity index (χ1n) is 9.85.